The summed E-state index contributed by atoms with van der Waals surface area (Å²) in [5, 5.41) is 6.90. The second kappa shape index (κ2) is 5.41. The Balaban J connectivity index is 1.69. The first-order valence-electron chi connectivity index (χ1n) is 7.88. The molecule has 1 N–H and O–H groups in total. The van der Waals surface area contributed by atoms with Crippen LogP contribution in [0.15, 0.2) is 36.8 Å². The van der Waals surface area contributed by atoms with Crippen LogP contribution >= 0.6 is 0 Å². The molecule has 126 valence electrons. The molecule has 1 aliphatic heterocycles. The largest absolute Gasteiger partial charge is 0.487 e. The van der Waals surface area contributed by atoms with Crippen molar-refractivity contribution in [1.29, 1.82) is 0 Å². The maximum absolute atomic E-state index is 12.6. The normalized spacial score (nSPS) is 14.8. The molecule has 0 aliphatic carbocycles. The highest BCUT2D eigenvalue weighted by Crippen LogP contribution is 2.38. The molecule has 4 rings (SSSR count). The van der Waals surface area contributed by atoms with E-state index in [4.69, 9.17) is 4.74 Å². The molecule has 0 atom stereocenters. The number of carbonyl (C=O) groups is 2. The van der Waals surface area contributed by atoms with E-state index in [0.29, 0.717) is 40.9 Å². The van der Waals surface area contributed by atoms with Gasteiger partial charge in [-0.2, -0.15) is 5.10 Å². The van der Waals surface area contributed by atoms with Crippen molar-refractivity contribution in [1.82, 2.24) is 14.6 Å². The Hall–Kier alpha value is -3.22. The lowest BCUT2D eigenvalue weighted by molar-refractivity contribution is 0.102. The highest BCUT2D eigenvalue weighted by atomic mass is 16.5. The first-order valence-corrected chi connectivity index (χ1v) is 7.88. The van der Waals surface area contributed by atoms with Gasteiger partial charge in [-0.05, 0) is 32.0 Å². The quantitative estimate of drug-likeness (QED) is 0.743. The Morgan fingerprint density at radius 1 is 1.40 bits per heavy atom. The van der Waals surface area contributed by atoms with Crippen molar-refractivity contribution < 1.29 is 14.3 Å². The molecule has 1 aliphatic rings. The zero-order chi connectivity index (χ0) is 17.6. The minimum absolute atomic E-state index is 0.322. The fraction of sp³-hybridized carbons (Fsp3) is 0.222. The van der Waals surface area contributed by atoms with Crippen molar-refractivity contribution in [3.05, 3.63) is 53.5 Å². The molecule has 0 unspecified atom stereocenters. The number of rotatable bonds is 3. The Morgan fingerprint density at radius 3 is 3.04 bits per heavy atom. The van der Waals surface area contributed by atoms with Gasteiger partial charge < -0.3 is 10.1 Å². The molecular weight excluding hydrogens is 320 g/mol. The van der Waals surface area contributed by atoms with Crippen LogP contribution in [0, 0.1) is 0 Å². The van der Waals surface area contributed by atoms with E-state index < -0.39 is 0 Å². The maximum Gasteiger partial charge on any atom is 0.261 e. The lowest BCUT2D eigenvalue weighted by Gasteiger charge is -2.16. The van der Waals surface area contributed by atoms with Crippen LogP contribution in [-0.4, -0.2) is 32.4 Å². The Kier molecular flexibility index (Phi) is 3.31. The van der Waals surface area contributed by atoms with E-state index >= 15 is 0 Å². The molecule has 0 radical (unpaired) electrons. The Bertz CT molecular complexity index is 1010. The number of anilines is 1. The number of aromatic nitrogens is 3. The number of nitrogens with one attached hydrogen (secondary N) is 1. The molecule has 0 spiro atoms. The summed E-state index contributed by atoms with van der Waals surface area (Å²) in [6.45, 7) is 3.97. The van der Waals surface area contributed by atoms with Crippen LogP contribution in [0.1, 0.15) is 40.1 Å². The van der Waals surface area contributed by atoms with Gasteiger partial charge in [0.05, 0.1) is 11.9 Å². The third kappa shape index (κ3) is 2.63. The molecule has 7 heteroatoms. The highest BCUT2D eigenvalue weighted by molar-refractivity contribution is 6.09. The predicted octanol–water partition coefficient (Wildman–Crippen LogP) is 2.51. The summed E-state index contributed by atoms with van der Waals surface area (Å²) in [7, 11) is 0. The molecule has 0 fully saturated rings. The summed E-state index contributed by atoms with van der Waals surface area (Å²) in [6.07, 6.45) is 6.18. The van der Waals surface area contributed by atoms with Gasteiger partial charge in [-0.15, -0.1) is 0 Å². The van der Waals surface area contributed by atoms with Crippen LogP contribution < -0.4 is 10.1 Å². The summed E-state index contributed by atoms with van der Waals surface area (Å²) in [5.41, 5.74) is 2.26. The molecule has 0 bridgehead atoms. The SMILES string of the molecule is CC1(C)Cc2cc(NC(=O)c3cnn4cccnc34)c(C=O)cc2O1. The fourth-order valence-electron chi connectivity index (χ4n) is 3.05. The van der Waals surface area contributed by atoms with E-state index in [1.807, 2.05) is 13.8 Å². The van der Waals surface area contributed by atoms with Crippen LogP contribution in [0.5, 0.6) is 5.75 Å². The van der Waals surface area contributed by atoms with Gasteiger partial charge in [-0.3, -0.25) is 9.59 Å². The number of benzene rings is 1. The zero-order valence-electron chi connectivity index (χ0n) is 13.8. The first kappa shape index (κ1) is 15.3. The van der Waals surface area contributed by atoms with Gasteiger partial charge in [0.25, 0.3) is 5.91 Å². The third-order valence-corrected chi connectivity index (χ3v) is 4.13. The molecule has 3 heterocycles. The predicted molar refractivity (Wildman–Crippen MR) is 91.2 cm³/mol. The summed E-state index contributed by atoms with van der Waals surface area (Å²) in [5.74, 6) is 0.317. The van der Waals surface area contributed by atoms with Crippen LogP contribution in [0.2, 0.25) is 0 Å². The summed E-state index contributed by atoms with van der Waals surface area (Å²) < 4.78 is 7.35. The highest BCUT2D eigenvalue weighted by Gasteiger charge is 2.31. The van der Waals surface area contributed by atoms with Gasteiger partial charge in [-0.25, -0.2) is 9.50 Å². The molecule has 2 aromatic heterocycles. The zero-order valence-corrected chi connectivity index (χ0v) is 13.8. The van der Waals surface area contributed by atoms with E-state index in [-0.39, 0.29) is 11.5 Å². The summed E-state index contributed by atoms with van der Waals surface area (Å²) >= 11 is 0. The Morgan fingerprint density at radius 2 is 2.24 bits per heavy atom. The van der Waals surface area contributed by atoms with Crippen molar-refractivity contribution in [3.63, 3.8) is 0 Å². The summed E-state index contributed by atoms with van der Waals surface area (Å²) in [4.78, 5) is 28.2. The van der Waals surface area contributed by atoms with Gasteiger partial charge in [0.2, 0.25) is 0 Å². The maximum atomic E-state index is 12.6. The lowest BCUT2D eigenvalue weighted by atomic mass is 10.00. The Labute approximate surface area is 143 Å². The molecule has 25 heavy (non-hydrogen) atoms. The molecule has 0 saturated carbocycles. The minimum Gasteiger partial charge on any atom is -0.487 e. The molecule has 3 aromatic rings. The van der Waals surface area contributed by atoms with Gasteiger partial charge >= 0.3 is 0 Å². The van der Waals surface area contributed by atoms with Crippen molar-refractivity contribution in [2.45, 2.75) is 25.9 Å². The first-order chi connectivity index (χ1) is 12.0. The van der Waals surface area contributed by atoms with Gasteiger partial charge in [0.1, 0.15) is 16.9 Å². The smallest absolute Gasteiger partial charge is 0.261 e. The molecule has 1 amide bonds. The van der Waals surface area contributed by atoms with Gasteiger partial charge in [-0.1, -0.05) is 0 Å². The van der Waals surface area contributed by atoms with E-state index in [0.717, 1.165) is 5.56 Å². The second-order valence-electron chi connectivity index (χ2n) is 6.60. The van der Waals surface area contributed by atoms with E-state index in [2.05, 4.69) is 15.4 Å². The van der Waals surface area contributed by atoms with Crippen LogP contribution in [0.25, 0.3) is 5.65 Å². The molecule has 1 aromatic carbocycles. The number of amides is 1. The van der Waals surface area contributed by atoms with Crippen LogP contribution in [0.3, 0.4) is 0 Å². The number of nitrogens with zero attached hydrogens (tertiary/aromatic N) is 3. The third-order valence-electron chi connectivity index (χ3n) is 4.13. The van der Waals surface area contributed by atoms with E-state index in [1.165, 1.54) is 10.7 Å². The standard InChI is InChI=1S/C18H16N4O3/c1-18(2)8-11-6-14(12(10-23)7-15(11)25-18)21-17(24)13-9-20-22-5-3-4-19-16(13)22/h3-7,9-10H,8H2,1-2H3,(H,21,24). The van der Waals surface area contributed by atoms with Gasteiger partial charge in [0, 0.05) is 29.9 Å². The van der Waals surface area contributed by atoms with Gasteiger partial charge in [0.15, 0.2) is 11.9 Å². The minimum atomic E-state index is -0.366. The molecule has 7 nitrogen and oxygen atoms in total. The van der Waals surface area contributed by atoms with E-state index in [1.54, 1.807) is 30.6 Å². The number of hydrogen-bond acceptors (Lipinski definition) is 5. The summed E-state index contributed by atoms with van der Waals surface area (Å²) in [6, 6.07) is 5.19. The lowest BCUT2D eigenvalue weighted by Crippen LogP contribution is -2.24. The van der Waals surface area contributed by atoms with Crippen molar-refractivity contribution in [2.75, 3.05) is 5.32 Å². The molecular formula is C18H16N4O3. The monoisotopic (exact) mass is 336 g/mol. The second-order valence-corrected chi connectivity index (χ2v) is 6.60. The van der Waals surface area contributed by atoms with Crippen LogP contribution in [0.4, 0.5) is 5.69 Å². The number of hydrogen-bond donors (Lipinski definition) is 1. The topological polar surface area (TPSA) is 85.6 Å². The van der Waals surface area contributed by atoms with Crippen LogP contribution in [-0.2, 0) is 6.42 Å². The average Bonchev–Trinajstić information content (AvgIpc) is 3.12. The van der Waals surface area contributed by atoms with Crippen molar-refractivity contribution >= 4 is 23.5 Å². The molecule has 0 saturated heterocycles. The van der Waals surface area contributed by atoms with Crippen molar-refractivity contribution in [3.8, 4) is 5.75 Å². The number of ether oxygens (including phenoxy) is 1. The number of carbonyl (C=O) groups excluding carboxylic acids is 2. The fourth-order valence-corrected chi connectivity index (χ4v) is 3.05. The number of fused-ring (bicyclic) bond motifs is 2. The van der Waals surface area contributed by atoms with E-state index in [9.17, 15) is 9.59 Å². The van der Waals surface area contributed by atoms with Crippen molar-refractivity contribution in [2.24, 2.45) is 0 Å². The average molecular weight is 336 g/mol. The number of aldehydes is 1.